The Morgan fingerprint density at radius 3 is 2.32 bits per heavy atom. The zero-order chi connectivity index (χ0) is 26.1. The summed E-state index contributed by atoms with van der Waals surface area (Å²) in [6.07, 6.45) is 0. The first kappa shape index (κ1) is 25.2. The van der Waals surface area contributed by atoms with Crippen LogP contribution in [0.15, 0.2) is 54.6 Å². The Labute approximate surface area is 216 Å². The molecule has 196 valence electrons. The summed E-state index contributed by atoms with van der Waals surface area (Å²) in [6.45, 7) is 6.84. The average molecular weight is 509 g/mol. The van der Waals surface area contributed by atoms with Crippen LogP contribution in [0.2, 0.25) is 0 Å². The molecule has 0 aliphatic carbocycles. The van der Waals surface area contributed by atoms with Gasteiger partial charge in [-0.2, -0.15) is 0 Å². The van der Waals surface area contributed by atoms with Gasteiger partial charge in [0.2, 0.25) is 5.91 Å². The van der Waals surface area contributed by atoms with Crippen molar-refractivity contribution >= 4 is 23.5 Å². The summed E-state index contributed by atoms with van der Waals surface area (Å²) in [4.78, 5) is 47.4. The molecule has 3 heterocycles. The van der Waals surface area contributed by atoms with Crippen LogP contribution in [0.4, 0.5) is 14.9 Å². The number of hydrogen-bond donors (Lipinski definition) is 1. The predicted octanol–water partition coefficient (Wildman–Crippen LogP) is 1.90. The smallest absolute Gasteiger partial charge is 0.327 e. The second-order valence-electron chi connectivity index (χ2n) is 9.80. The van der Waals surface area contributed by atoms with Crippen molar-refractivity contribution in [1.82, 2.24) is 25.1 Å². The fourth-order valence-electron chi connectivity index (χ4n) is 5.62. The number of carbonyl (C=O) groups is 3. The van der Waals surface area contributed by atoms with Crippen LogP contribution in [-0.4, -0.2) is 94.9 Å². The molecule has 2 aromatic rings. The Balaban J connectivity index is 1.31. The zero-order valence-corrected chi connectivity index (χ0v) is 21.2. The van der Waals surface area contributed by atoms with Crippen molar-refractivity contribution in [2.75, 3.05) is 44.2 Å². The first-order valence-electron chi connectivity index (χ1n) is 12.8. The molecule has 3 saturated heterocycles. The van der Waals surface area contributed by atoms with E-state index in [2.05, 4.69) is 10.3 Å². The number of rotatable bonds is 6. The van der Waals surface area contributed by atoms with Crippen molar-refractivity contribution in [1.29, 1.82) is 0 Å². The van der Waals surface area contributed by atoms with E-state index in [1.165, 1.54) is 17.0 Å². The van der Waals surface area contributed by atoms with Gasteiger partial charge in [0.05, 0.1) is 12.6 Å². The first-order chi connectivity index (χ1) is 17.9. The number of imide groups is 1. The molecular weight excluding hydrogens is 475 g/mol. The van der Waals surface area contributed by atoms with Gasteiger partial charge < -0.3 is 14.7 Å². The van der Waals surface area contributed by atoms with E-state index in [9.17, 15) is 18.8 Å². The van der Waals surface area contributed by atoms with E-state index in [-0.39, 0.29) is 36.8 Å². The fourth-order valence-corrected chi connectivity index (χ4v) is 5.62. The van der Waals surface area contributed by atoms with Crippen molar-refractivity contribution in [2.45, 2.75) is 38.5 Å². The van der Waals surface area contributed by atoms with E-state index < -0.39 is 18.1 Å². The highest BCUT2D eigenvalue weighted by atomic mass is 19.1. The molecule has 0 radical (unpaired) electrons. The molecular formula is C27H33FN6O3. The first-order valence-corrected chi connectivity index (χ1v) is 12.8. The van der Waals surface area contributed by atoms with Crippen LogP contribution in [0.1, 0.15) is 19.4 Å². The number of piperazine rings is 1. The van der Waals surface area contributed by atoms with Crippen molar-refractivity contribution in [3.63, 3.8) is 0 Å². The molecule has 37 heavy (non-hydrogen) atoms. The maximum Gasteiger partial charge on any atom is 0.327 e. The van der Waals surface area contributed by atoms with E-state index in [1.807, 2.05) is 49.2 Å². The van der Waals surface area contributed by atoms with Crippen LogP contribution >= 0.6 is 0 Å². The molecule has 5 rings (SSSR count). The van der Waals surface area contributed by atoms with E-state index in [4.69, 9.17) is 0 Å². The number of hydrogen-bond acceptors (Lipinski definition) is 6. The molecule has 0 bridgehead atoms. The van der Waals surface area contributed by atoms with E-state index in [0.717, 1.165) is 11.3 Å². The standard InChI is InChI=1S/C27H33FN6O3/c1-3-34-25-24(19(2)29-34)32(27(37)33(26(25)36)17-20-7-5-4-6-8-20)18-23(35)31-15-13-30(14-16-31)22-11-9-21(28)10-12-22/h4-12,19,24-25,29H,3,13-18H2,1-2H3. The Hall–Kier alpha value is -3.50. The van der Waals surface area contributed by atoms with Gasteiger partial charge in [0, 0.05) is 44.5 Å². The summed E-state index contributed by atoms with van der Waals surface area (Å²) in [5.74, 6) is -0.657. The van der Waals surface area contributed by atoms with E-state index >= 15 is 0 Å². The van der Waals surface area contributed by atoms with Crippen LogP contribution in [0.5, 0.6) is 0 Å². The van der Waals surface area contributed by atoms with Crippen LogP contribution in [0.3, 0.4) is 0 Å². The monoisotopic (exact) mass is 508 g/mol. The molecule has 1 N–H and O–H groups in total. The number of amides is 4. The van der Waals surface area contributed by atoms with Gasteiger partial charge in [-0.15, -0.1) is 0 Å². The number of benzene rings is 2. The predicted molar refractivity (Wildman–Crippen MR) is 137 cm³/mol. The van der Waals surface area contributed by atoms with Gasteiger partial charge in [-0.3, -0.25) is 14.5 Å². The molecule has 3 aliphatic rings. The quantitative estimate of drug-likeness (QED) is 0.642. The minimum absolute atomic E-state index is 0.0846. The lowest BCUT2D eigenvalue weighted by atomic mass is 9.97. The van der Waals surface area contributed by atoms with Gasteiger partial charge in [0.25, 0.3) is 5.91 Å². The lowest BCUT2D eigenvalue weighted by Crippen LogP contribution is -2.67. The van der Waals surface area contributed by atoms with Crippen LogP contribution in [0, 0.1) is 5.82 Å². The minimum atomic E-state index is -0.551. The molecule has 0 spiro atoms. The lowest BCUT2D eigenvalue weighted by molar-refractivity contribution is -0.142. The number of nitrogens with one attached hydrogen (secondary N) is 1. The largest absolute Gasteiger partial charge is 0.368 e. The van der Waals surface area contributed by atoms with Gasteiger partial charge in [-0.05, 0) is 36.8 Å². The second-order valence-corrected chi connectivity index (χ2v) is 9.80. The number of halogens is 1. The molecule has 9 nitrogen and oxygen atoms in total. The molecule has 3 fully saturated rings. The van der Waals surface area contributed by atoms with Crippen molar-refractivity contribution in [3.05, 3.63) is 66.0 Å². The third kappa shape index (κ3) is 4.91. The molecule has 10 heteroatoms. The molecule has 4 amide bonds. The van der Waals surface area contributed by atoms with Crippen LogP contribution < -0.4 is 10.3 Å². The molecule has 3 unspecified atom stereocenters. The number of urea groups is 1. The maximum absolute atomic E-state index is 13.7. The average Bonchev–Trinajstić information content (AvgIpc) is 3.26. The topological polar surface area (TPSA) is 79.4 Å². The number of anilines is 1. The van der Waals surface area contributed by atoms with Gasteiger partial charge in [-0.1, -0.05) is 37.3 Å². The third-order valence-electron chi connectivity index (χ3n) is 7.55. The second kappa shape index (κ2) is 10.5. The van der Waals surface area contributed by atoms with Crippen molar-refractivity contribution in [3.8, 4) is 0 Å². The Morgan fingerprint density at radius 2 is 1.68 bits per heavy atom. The molecule has 3 atom stereocenters. The molecule has 2 aromatic carbocycles. The Morgan fingerprint density at radius 1 is 1.00 bits per heavy atom. The highest BCUT2D eigenvalue weighted by Gasteiger charge is 2.55. The number of nitrogens with zero attached hydrogens (tertiary/aromatic N) is 5. The summed E-state index contributed by atoms with van der Waals surface area (Å²) in [6, 6.07) is 14.2. The maximum atomic E-state index is 13.7. The number of fused-ring (bicyclic) bond motifs is 1. The Kier molecular flexibility index (Phi) is 7.12. The van der Waals surface area contributed by atoms with Gasteiger partial charge in [0.1, 0.15) is 18.4 Å². The van der Waals surface area contributed by atoms with Crippen molar-refractivity contribution < 1.29 is 18.8 Å². The van der Waals surface area contributed by atoms with E-state index in [1.54, 1.807) is 21.9 Å². The highest BCUT2D eigenvalue weighted by molar-refractivity contribution is 6.02. The zero-order valence-electron chi connectivity index (χ0n) is 21.2. The summed E-state index contributed by atoms with van der Waals surface area (Å²) in [7, 11) is 0. The normalized spacial score (nSPS) is 24.6. The molecule has 0 aromatic heterocycles. The summed E-state index contributed by atoms with van der Waals surface area (Å²) in [5.41, 5.74) is 5.10. The van der Waals surface area contributed by atoms with Gasteiger partial charge in [0.15, 0.2) is 0 Å². The summed E-state index contributed by atoms with van der Waals surface area (Å²) >= 11 is 0. The molecule has 0 saturated carbocycles. The van der Waals surface area contributed by atoms with Crippen molar-refractivity contribution in [2.24, 2.45) is 0 Å². The lowest BCUT2D eigenvalue weighted by Gasteiger charge is -2.44. The van der Waals surface area contributed by atoms with Gasteiger partial charge in [-0.25, -0.2) is 19.6 Å². The summed E-state index contributed by atoms with van der Waals surface area (Å²) < 4.78 is 13.3. The third-order valence-corrected chi connectivity index (χ3v) is 7.55. The fraction of sp³-hybridized carbons (Fsp3) is 0.444. The van der Waals surface area contributed by atoms with E-state index in [0.29, 0.717) is 32.7 Å². The number of carbonyl (C=O) groups excluding carboxylic acids is 3. The molecule has 3 aliphatic heterocycles. The number of likely N-dealkylation sites (N-methyl/N-ethyl adjacent to an activating group) is 1. The van der Waals surface area contributed by atoms with Crippen LogP contribution in [-0.2, 0) is 16.1 Å². The summed E-state index contributed by atoms with van der Waals surface area (Å²) in [5, 5.41) is 1.88. The SMILES string of the molecule is CCN1NC(C)C2C1C(=O)N(Cc1ccccc1)C(=O)N2CC(=O)N1CCN(c2ccc(F)cc2)CC1. The number of hydrazine groups is 1. The highest BCUT2D eigenvalue weighted by Crippen LogP contribution is 2.30. The minimum Gasteiger partial charge on any atom is -0.368 e. The Bertz CT molecular complexity index is 1140. The van der Waals surface area contributed by atoms with Crippen LogP contribution in [0.25, 0.3) is 0 Å². The van der Waals surface area contributed by atoms with Gasteiger partial charge >= 0.3 is 6.03 Å².